The molecule has 0 amide bonds. The molecule has 0 aliphatic carbocycles. The van der Waals surface area contributed by atoms with Crippen molar-refractivity contribution in [2.75, 3.05) is 5.73 Å². The first-order valence-corrected chi connectivity index (χ1v) is 2.58. The minimum atomic E-state index is -0.380. The molecule has 0 radical (unpaired) electrons. The Balaban J connectivity index is 3.04. The zero-order valence-corrected chi connectivity index (χ0v) is 5.19. The molecule has 0 atom stereocenters. The Kier molecular flexibility index (Phi) is 1.49. The van der Waals surface area contributed by atoms with E-state index in [2.05, 4.69) is 16.7 Å². The molecule has 0 aromatic carbocycles. The number of rotatable bonds is 1. The van der Waals surface area contributed by atoms with Crippen molar-refractivity contribution in [2.45, 2.75) is 0 Å². The molecule has 0 spiro atoms. The van der Waals surface area contributed by atoms with E-state index in [-0.39, 0.29) is 11.9 Å². The van der Waals surface area contributed by atoms with Gasteiger partial charge in [-0.15, -0.1) is 0 Å². The van der Waals surface area contributed by atoms with Gasteiger partial charge in [0.1, 0.15) is 6.33 Å². The third-order valence-electron chi connectivity index (χ3n) is 0.957. The highest BCUT2D eigenvalue weighted by atomic mass is 16.2. The molecule has 1 rings (SSSR count). The first-order valence-electron chi connectivity index (χ1n) is 2.58. The summed E-state index contributed by atoms with van der Waals surface area (Å²) in [7, 11) is 0. The van der Waals surface area contributed by atoms with Gasteiger partial charge in [0.05, 0.1) is 0 Å². The van der Waals surface area contributed by atoms with Crippen LogP contribution in [0.4, 0.5) is 5.95 Å². The van der Waals surface area contributed by atoms with E-state index in [0.717, 1.165) is 10.8 Å². The molecule has 0 unspecified atom stereocenters. The van der Waals surface area contributed by atoms with Gasteiger partial charge in [0, 0.05) is 0 Å². The molecule has 2 N–H and O–H groups in total. The molecule has 0 aliphatic rings. The topological polar surface area (TPSA) is 73.8 Å². The van der Waals surface area contributed by atoms with Crippen LogP contribution in [-0.2, 0) is 0 Å². The van der Waals surface area contributed by atoms with Gasteiger partial charge in [0.25, 0.3) is 5.91 Å². The van der Waals surface area contributed by atoms with E-state index in [9.17, 15) is 4.79 Å². The molecule has 1 aromatic heterocycles. The molecule has 0 bridgehead atoms. The molecule has 1 heterocycles. The molecule has 0 aliphatic heterocycles. The molecule has 0 saturated carbocycles. The monoisotopic (exact) mass is 138 g/mol. The zero-order valence-electron chi connectivity index (χ0n) is 5.19. The summed E-state index contributed by atoms with van der Waals surface area (Å²) in [5.41, 5.74) is 5.24. The van der Waals surface area contributed by atoms with Crippen molar-refractivity contribution in [2.24, 2.45) is 0 Å². The predicted molar refractivity (Wildman–Crippen MR) is 35.3 cm³/mol. The lowest BCUT2D eigenvalue weighted by molar-refractivity contribution is 0.0957. The number of anilines is 1. The van der Waals surface area contributed by atoms with E-state index in [1.165, 1.54) is 6.33 Å². The molecule has 1 aromatic rings. The van der Waals surface area contributed by atoms with Crippen LogP contribution in [0.1, 0.15) is 4.79 Å². The highest BCUT2D eigenvalue weighted by molar-refractivity contribution is 5.90. The minimum absolute atomic E-state index is 0.0740. The summed E-state index contributed by atoms with van der Waals surface area (Å²) in [5, 5.41) is 3.55. The van der Waals surface area contributed by atoms with E-state index in [0.29, 0.717) is 0 Å². The molecule has 52 valence electrons. The Bertz CT molecular complexity index is 264. The van der Waals surface area contributed by atoms with Crippen molar-refractivity contribution in [1.82, 2.24) is 14.8 Å². The standard InChI is InChI=1S/C5H6N4O/c1-2-4(10)9-5(6)7-3-8-9/h2-3H,1H2,(H2,6,7,8). The maximum Gasteiger partial charge on any atom is 0.273 e. The van der Waals surface area contributed by atoms with Crippen molar-refractivity contribution in [3.8, 4) is 0 Å². The van der Waals surface area contributed by atoms with Crippen molar-refractivity contribution in [1.29, 1.82) is 0 Å². The molecule has 0 fully saturated rings. The lowest BCUT2D eigenvalue weighted by Crippen LogP contribution is -2.11. The number of hydrogen-bond acceptors (Lipinski definition) is 4. The van der Waals surface area contributed by atoms with Gasteiger partial charge < -0.3 is 5.73 Å². The SMILES string of the molecule is C=CC(=O)n1ncnc1N. The van der Waals surface area contributed by atoms with Crippen molar-refractivity contribution >= 4 is 11.9 Å². The summed E-state index contributed by atoms with van der Waals surface area (Å²) in [5.74, 6) is -0.306. The van der Waals surface area contributed by atoms with Crippen molar-refractivity contribution in [3.63, 3.8) is 0 Å². The van der Waals surface area contributed by atoms with Crippen molar-refractivity contribution in [3.05, 3.63) is 19.0 Å². The summed E-state index contributed by atoms with van der Waals surface area (Å²) >= 11 is 0. The van der Waals surface area contributed by atoms with Crippen LogP contribution in [0.2, 0.25) is 0 Å². The van der Waals surface area contributed by atoms with E-state index in [1.54, 1.807) is 0 Å². The molecule has 0 saturated heterocycles. The minimum Gasteiger partial charge on any atom is -0.368 e. The number of nitrogens with zero attached hydrogens (tertiary/aromatic N) is 3. The van der Waals surface area contributed by atoms with Crippen LogP contribution in [-0.4, -0.2) is 20.7 Å². The van der Waals surface area contributed by atoms with Gasteiger partial charge in [-0.2, -0.15) is 14.8 Å². The van der Waals surface area contributed by atoms with E-state index in [4.69, 9.17) is 5.73 Å². The summed E-state index contributed by atoms with van der Waals surface area (Å²) in [6.45, 7) is 3.26. The molecule has 5 nitrogen and oxygen atoms in total. The van der Waals surface area contributed by atoms with Gasteiger partial charge in [-0.1, -0.05) is 6.58 Å². The Labute approximate surface area is 57.2 Å². The van der Waals surface area contributed by atoms with Gasteiger partial charge in [0.15, 0.2) is 0 Å². The Hall–Kier alpha value is -1.65. The quantitative estimate of drug-likeness (QED) is 0.540. The fourth-order valence-electron chi connectivity index (χ4n) is 0.507. The summed E-state index contributed by atoms with van der Waals surface area (Å²) in [4.78, 5) is 14.3. The average molecular weight is 138 g/mol. The number of allylic oxidation sites excluding steroid dienone is 1. The maximum atomic E-state index is 10.8. The van der Waals surface area contributed by atoms with Gasteiger partial charge in [-0.3, -0.25) is 4.79 Å². The largest absolute Gasteiger partial charge is 0.368 e. The Morgan fingerprint density at radius 2 is 2.60 bits per heavy atom. The van der Waals surface area contributed by atoms with Gasteiger partial charge in [-0.05, 0) is 6.08 Å². The van der Waals surface area contributed by atoms with Crippen molar-refractivity contribution < 1.29 is 4.79 Å². The van der Waals surface area contributed by atoms with Gasteiger partial charge in [-0.25, -0.2) is 0 Å². The first kappa shape index (κ1) is 6.47. The molecular weight excluding hydrogens is 132 g/mol. The van der Waals surface area contributed by atoms with Gasteiger partial charge >= 0.3 is 0 Å². The Morgan fingerprint density at radius 3 is 3.00 bits per heavy atom. The second-order valence-electron chi connectivity index (χ2n) is 1.57. The van der Waals surface area contributed by atoms with Crippen LogP contribution in [0.25, 0.3) is 0 Å². The van der Waals surface area contributed by atoms with E-state index < -0.39 is 0 Å². The van der Waals surface area contributed by atoms with E-state index >= 15 is 0 Å². The lowest BCUT2D eigenvalue weighted by Gasteiger charge is -1.92. The number of hydrogen-bond donors (Lipinski definition) is 1. The highest BCUT2D eigenvalue weighted by Crippen LogP contribution is 1.92. The number of carbonyl (C=O) groups is 1. The van der Waals surface area contributed by atoms with E-state index in [1.807, 2.05) is 0 Å². The summed E-state index contributed by atoms with van der Waals surface area (Å²) in [6, 6.07) is 0. The first-order chi connectivity index (χ1) is 4.75. The number of carbonyl (C=O) groups excluding carboxylic acids is 1. The smallest absolute Gasteiger partial charge is 0.273 e. The predicted octanol–water partition coefficient (Wildman–Crippen LogP) is -0.314. The summed E-state index contributed by atoms with van der Waals surface area (Å²) in [6.07, 6.45) is 2.32. The van der Waals surface area contributed by atoms with Gasteiger partial charge in [0.2, 0.25) is 5.95 Å². The lowest BCUT2D eigenvalue weighted by atomic mass is 10.6. The second-order valence-corrected chi connectivity index (χ2v) is 1.57. The molecule has 5 heteroatoms. The zero-order chi connectivity index (χ0) is 7.56. The fourth-order valence-corrected chi connectivity index (χ4v) is 0.507. The Morgan fingerprint density at radius 1 is 1.90 bits per heavy atom. The van der Waals surface area contributed by atoms with Crippen LogP contribution in [0.15, 0.2) is 19.0 Å². The maximum absolute atomic E-state index is 10.8. The molecule has 10 heavy (non-hydrogen) atoms. The van der Waals surface area contributed by atoms with Crippen LogP contribution < -0.4 is 5.73 Å². The average Bonchev–Trinajstić information content (AvgIpc) is 2.34. The fraction of sp³-hybridized carbons (Fsp3) is 0. The third-order valence-corrected chi connectivity index (χ3v) is 0.957. The van der Waals surface area contributed by atoms with Crippen LogP contribution in [0.3, 0.4) is 0 Å². The van der Waals surface area contributed by atoms with Crippen LogP contribution in [0, 0.1) is 0 Å². The molecular formula is C5H6N4O. The third kappa shape index (κ3) is 0.883. The summed E-state index contributed by atoms with van der Waals surface area (Å²) < 4.78 is 0.965. The number of nitrogen functional groups attached to an aromatic ring is 1. The number of aromatic nitrogens is 3. The number of nitrogens with two attached hydrogens (primary N) is 1. The highest BCUT2D eigenvalue weighted by Gasteiger charge is 2.03. The normalized spacial score (nSPS) is 9.20. The van der Waals surface area contributed by atoms with Crippen LogP contribution in [0.5, 0.6) is 0 Å². The van der Waals surface area contributed by atoms with Crippen LogP contribution >= 0.6 is 0 Å². The second kappa shape index (κ2) is 2.30.